The van der Waals surface area contributed by atoms with Crippen molar-refractivity contribution >= 4 is 11.6 Å². The number of benzene rings is 1. The summed E-state index contributed by atoms with van der Waals surface area (Å²) in [6, 6.07) is 5.70. The first-order valence-corrected chi connectivity index (χ1v) is 6.61. The zero-order valence-electron chi connectivity index (χ0n) is 11.8. The lowest BCUT2D eigenvalue weighted by Gasteiger charge is -2.09. The van der Waals surface area contributed by atoms with Crippen molar-refractivity contribution in [3.8, 4) is 0 Å². The summed E-state index contributed by atoms with van der Waals surface area (Å²) in [5, 5.41) is 13.6. The molecule has 1 aromatic heterocycles. The second-order valence-electron chi connectivity index (χ2n) is 4.56. The van der Waals surface area contributed by atoms with Gasteiger partial charge < -0.3 is 10.6 Å². The van der Waals surface area contributed by atoms with Crippen LogP contribution in [0.3, 0.4) is 0 Å². The van der Waals surface area contributed by atoms with Gasteiger partial charge in [0.05, 0.1) is 6.20 Å². The molecular formula is C14H19N5O. The minimum atomic E-state index is -0.0382. The summed E-state index contributed by atoms with van der Waals surface area (Å²) in [4.78, 5) is 12.1. The average molecular weight is 273 g/mol. The van der Waals surface area contributed by atoms with E-state index in [2.05, 4.69) is 20.9 Å². The van der Waals surface area contributed by atoms with Crippen LogP contribution in [0.5, 0.6) is 0 Å². The van der Waals surface area contributed by atoms with E-state index in [9.17, 15) is 4.79 Å². The third kappa shape index (κ3) is 3.57. The Kier molecular flexibility index (Phi) is 4.70. The summed E-state index contributed by atoms with van der Waals surface area (Å²) >= 11 is 0. The molecule has 0 spiro atoms. The molecule has 0 aliphatic carbocycles. The molecule has 2 rings (SSSR count). The molecular weight excluding hydrogens is 254 g/mol. The fraction of sp³-hybridized carbons (Fsp3) is 0.357. The van der Waals surface area contributed by atoms with Crippen LogP contribution in [0, 0.1) is 6.92 Å². The Morgan fingerprint density at radius 2 is 2.25 bits per heavy atom. The highest BCUT2D eigenvalue weighted by atomic mass is 16.1. The first-order valence-electron chi connectivity index (χ1n) is 6.61. The molecule has 20 heavy (non-hydrogen) atoms. The molecule has 106 valence electrons. The molecule has 0 bridgehead atoms. The maximum absolute atomic E-state index is 12.1. The van der Waals surface area contributed by atoms with Gasteiger partial charge in [-0.2, -0.15) is 0 Å². The first kappa shape index (κ1) is 14.0. The summed E-state index contributed by atoms with van der Waals surface area (Å²) in [6.45, 7) is 3.30. The van der Waals surface area contributed by atoms with Crippen molar-refractivity contribution in [3.05, 3.63) is 41.7 Å². The van der Waals surface area contributed by atoms with Gasteiger partial charge in [-0.1, -0.05) is 5.21 Å². The fourth-order valence-corrected chi connectivity index (χ4v) is 1.96. The van der Waals surface area contributed by atoms with Crippen LogP contribution in [0.4, 0.5) is 5.69 Å². The highest BCUT2D eigenvalue weighted by molar-refractivity contribution is 5.96. The lowest BCUT2D eigenvalue weighted by Crippen LogP contribution is -2.26. The largest absolute Gasteiger partial charge is 0.388 e. The molecule has 0 saturated carbocycles. The highest BCUT2D eigenvalue weighted by Gasteiger charge is 2.08. The summed E-state index contributed by atoms with van der Waals surface area (Å²) in [7, 11) is 1.86. The lowest BCUT2D eigenvalue weighted by atomic mass is 10.1. The first-order chi connectivity index (χ1) is 9.70. The topological polar surface area (TPSA) is 71.8 Å². The maximum Gasteiger partial charge on any atom is 0.251 e. The van der Waals surface area contributed by atoms with Gasteiger partial charge in [0.1, 0.15) is 0 Å². The van der Waals surface area contributed by atoms with Crippen LogP contribution in [0.1, 0.15) is 22.3 Å². The van der Waals surface area contributed by atoms with Gasteiger partial charge >= 0.3 is 0 Å². The normalized spacial score (nSPS) is 10.3. The van der Waals surface area contributed by atoms with Gasteiger partial charge in [-0.3, -0.25) is 9.48 Å². The van der Waals surface area contributed by atoms with Crippen molar-refractivity contribution in [1.82, 2.24) is 20.3 Å². The van der Waals surface area contributed by atoms with E-state index in [0.717, 1.165) is 24.2 Å². The van der Waals surface area contributed by atoms with Gasteiger partial charge in [0.2, 0.25) is 0 Å². The molecule has 1 aromatic carbocycles. The van der Waals surface area contributed by atoms with E-state index in [0.29, 0.717) is 12.1 Å². The van der Waals surface area contributed by atoms with E-state index < -0.39 is 0 Å². The van der Waals surface area contributed by atoms with Crippen molar-refractivity contribution in [3.63, 3.8) is 0 Å². The van der Waals surface area contributed by atoms with E-state index in [4.69, 9.17) is 0 Å². The molecule has 0 unspecified atom stereocenters. The molecule has 6 heteroatoms. The molecule has 2 N–H and O–H groups in total. The number of amides is 1. The summed E-state index contributed by atoms with van der Waals surface area (Å²) in [5.41, 5.74) is 2.68. The Bertz CT molecular complexity index is 565. The van der Waals surface area contributed by atoms with Gasteiger partial charge in [-0.05, 0) is 37.1 Å². The predicted octanol–water partition coefficient (Wildman–Crippen LogP) is 1.45. The van der Waals surface area contributed by atoms with Crippen LogP contribution in [0.25, 0.3) is 0 Å². The second-order valence-corrected chi connectivity index (χ2v) is 4.56. The smallest absolute Gasteiger partial charge is 0.251 e. The number of rotatable bonds is 6. The third-order valence-corrected chi connectivity index (χ3v) is 3.08. The van der Waals surface area contributed by atoms with Crippen LogP contribution >= 0.6 is 0 Å². The number of anilines is 1. The average Bonchev–Trinajstić information content (AvgIpc) is 2.96. The zero-order valence-corrected chi connectivity index (χ0v) is 11.8. The Balaban J connectivity index is 1.82. The maximum atomic E-state index is 12.1. The number of nitrogens with one attached hydrogen (secondary N) is 2. The van der Waals surface area contributed by atoms with E-state index in [1.165, 1.54) is 0 Å². The number of carbonyl (C=O) groups is 1. The molecule has 1 heterocycles. The molecule has 0 saturated heterocycles. The number of nitrogens with zero attached hydrogens (tertiary/aromatic N) is 3. The van der Waals surface area contributed by atoms with Crippen LogP contribution in [0.2, 0.25) is 0 Å². The number of hydrogen-bond acceptors (Lipinski definition) is 4. The van der Waals surface area contributed by atoms with Gasteiger partial charge in [0.25, 0.3) is 5.91 Å². The summed E-state index contributed by atoms with van der Waals surface area (Å²) in [5.74, 6) is -0.0382. The molecule has 2 aromatic rings. The molecule has 1 amide bonds. The number of aryl methyl sites for hydroxylation is 2. The fourth-order valence-electron chi connectivity index (χ4n) is 1.96. The Labute approximate surface area is 118 Å². The number of carbonyl (C=O) groups excluding carboxylic acids is 1. The summed E-state index contributed by atoms with van der Waals surface area (Å²) in [6.07, 6.45) is 4.27. The predicted molar refractivity (Wildman–Crippen MR) is 77.7 cm³/mol. The van der Waals surface area contributed by atoms with E-state index in [1.54, 1.807) is 10.9 Å². The Morgan fingerprint density at radius 1 is 1.40 bits per heavy atom. The van der Waals surface area contributed by atoms with Crippen LogP contribution in [-0.2, 0) is 6.54 Å². The van der Waals surface area contributed by atoms with Gasteiger partial charge in [0, 0.05) is 37.6 Å². The van der Waals surface area contributed by atoms with Gasteiger partial charge in [0.15, 0.2) is 0 Å². The van der Waals surface area contributed by atoms with Crippen LogP contribution in [0.15, 0.2) is 30.6 Å². The Morgan fingerprint density at radius 3 is 2.90 bits per heavy atom. The van der Waals surface area contributed by atoms with E-state index >= 15 is 0 Å². The molecule has 0 fully saturated rings. The van der Waals surface area contributed by atoms with E-state index in [-0.39, 0.29) is 5.91 Å². The molecule has 0 atom stereocenters. The quantitative estimate of drug-likeness (QED) is 0.781. The van der Waals surface area contributed by atoms with Crippen LogP contribution in [-0.4, -0.2) is 34.5 Å². The van der Waals surface area contributed by atoms with Crippen molar-refractivity contribution in [1.29, 1.82) is 0 Å². The number of hydrogen-bond donors (Lipinski definition) is 2. The minimum absolute atomic E-state index is 0.0382. The van der Waals surface area contributed by atoms with Crippen molar-refractivity contribution in [2.24, 2.45) is 0 Å². The standard InChI is InChI=1S/C14H19N5O/c1-11-10-12(15-2)4-5-13(11)14(20)16-6-3-8-19-9-7-17-18-19/h4-5,7,9-10,15H,3,6,8H2,1-2H3,(H,16,20). The Hall–Kier alpha value is -2.37. The van der Waals surface area contributed by atoms with Crippen molar-refractivity contribution in [2.75, 3.05) is 18.9 Å². The molecule has 0 aliphatic heterocycles. The third-order valence-electron chi connectivity index (χ3n) is 3.08. The van der Waals surface area contributed by atoms with Gasteiger partial charge in [-0.25, -0.2) is 0 Å². The second kappa shape index (κ2) is 6.70. The molecule has 0 aliphatic rings. The lowest BCUT2D eigenvalue weighted by molar-refractivity contribution is 0.0952. The van der Waals surface area contributed by atoms with Crippen LogP contribution < -0.4 is 10.6 Å². The zero-order chi connectivity index (χ0) is 14.4. The van der Waals surface area contributed by atoms with E-state index in [1.807, 2.05) is 38.4 Å². The number of aromatic nitrogens is 3. The highest BCUT2D eigenvalue weighted by Crippen LogP contribution is 2.14. The molecule has 0 radical (unpaired) electrons. The summed E-state index contributed by atoms with van der Waals surface area (Å²) < 4.78 is 1.75. The monoisotopic (exact) mass is 273 g/mol. The molecule has 6 nitrogen and oxygen atoms in total. The van der Waals surface area contributed by atoms with Gasteiger partial charge in [-0.15, -0.1) is 5.10 Å². The SMILES string of the molecule is CNc1ccc(C(=O)NCCCn2ccnn2)c(C)c1. The minimum Gasteiger partial charge on any atom is -0.388 e. The van der Waals surface area contributed by atoms with Crippen molar-refractivity contribution < 1.29 is 4.79 Å². The van der Waals surface area contributed by atoms with Crippen molar-refractivity contribution in [2.45, 2.75) is 19.9 Å².